The molecule has 1 aromatic heterocycles. The lowest BCUT2D eigenvalue weighted by Gasteiger charge is -2.14. The highest BCUT2D eigenvalue weighted by molar-refractivity contribution is 4.99. The van der Waals surface area contributed by atoms with Gasteiger partial charge in [0, 0.05) is 13.7 Å². The molecule has 1 aliphatic heterocycles. The number of rotatable bonds is 4. The lowest BCUT2D eigenvalue weighted by molar-refractivity contribution is 0.0555. The Morgan fingerprint density at radius 1 is 1.53 bits per heavy atom. The Morgan fingerprint density at radius 2 is 2.29 bits per heavy atom. The van der Waals surface area contributed by atoms with E-state index in [0.29, 0.717) is 24.7 Å². The molecule has 0 spiro atoms. The van der Waals surface area contributed by atoms with Crippen LogP contribution < -0.4 is 5.32 Å². The molecule has 96 valence electrons. The van der Waals surface area contributed by atoms with E-state index in [0.717, 1.165) is 0 Å². The van der Waals surface area contributed by atoms with Crippen LogP contribution in [0.1, 0.15) is 44.1 Å². The zero-order valence-corrected chi connectivity index (χ0v) is 10.4. The summed E-state index contributed by atoms with van der Waals surface area (Å²) >= 11 is 0. The Labute approximate surface area is 100 Å². The Balaban J connectivity index is 2.10. The molecule has 2 rings (SSSR count). The maximum atomic E-state index is 9.43. The second-order valence-electron chi connectivity index (χ2n) is 4.74. The van der Waals surface area contributed by atoms with Crippen LogP contribution in [-0.2, 0) is 4.74 Å². The molecule has 0 saturated carbocycles. The summed E-state index contributed by atoms with van der Waals surface area (Å²) in [5.41, 5.74) is 0. The lowest BCUT2D eigenvalue weighted by atomic mass is 10.1. The van der Waals surface area contributed by atoms with Crippen molar-refractivity contribution in [3.63, 3.8) is 0 Å². The summed E-state index contributed by atoms with van der Waals surface area (Å²) in [5, 5.41) is 16.5. The number of aliphatic hydroxyl groups excluding tert-OH is 1. The quantitative estimate of drug-likeness (QED) is 0.812. The first kappa shape index (κ1) is 12.5. The highest BCUT2D eigenvalue weighted by atomic mass is 16.5. The molecule has 6 nitrogen and oxygen atoms in total. The van der Waals surface area contributed by atoms with Crippen LogP contribution in [0.5, 0.6) is 0 Å². The molecule has 0 radical (unpaired) electrons. The van der Waals surface area contributed by atoms with Crippen molar-refractivity contribution >= 4 is 0 Å². The number of nitrogens with one attached hydrogen (secondary N) is 1. The molecule has 0 aromatic carbocycles. The maximum absolute atomic E-state index is 9.43. The molecule has 17 heavy (non-hydrogen) atoms. The molecular weight excluding hydrogens is 222 g/mol. The van der Waals surface area contributed by atoms with Crippen molar-refractivity contribution < 1.29 is 14.4 Å². The molecule has 0 aliphatic carbocycles. The number of ether oxygens (including phenoxy) is 1. The van der Waals surface area contributed by atoms with Crippen molar-refractivity contribution in [1.29, 1.82) is 0 Å². The molecule has 1 aromatic rings. The van der Waals surface area contributed by atoms with E-state index in [1.807, 2.05) is 13.8 Å². The van der Waals surface area contributed by atoms with Gasteiger partial charge in [0.05, 0.1) is 12.1 Å². The van der Waals surface area contributed by atoms with E-state index in [2.05, 4.69) is 15.5 Å². The second kappa shape index (κ2) is 5.12. The first-order valence-corrected chi connectivity index (χ1v) is 5.89. The summed E-state index contributed by atoms with van der Waals surface area (Å²) < 4.78 is 10.6. The van der Waals surface area contributed by atoms with Gasteiger partial charge >= 0.3 is 0 Å². The first-order chi connectivity index (χ1) is 8.11. The lowest BCUT2D eigenvalue weighted by Crippen LogP contribution is -2.15. The summed E-state index contributed by atoms with van der Waals surface area (Å²) in [5.74, 6) is 1.38. The van der Waals surface area contributed by atoms with E-state index in [-0.39, 0.29) is 24.2 Å². The normalized spacial score (nSPS) is 26.6. The van der Waals surface area contributed by atoms with E-state index in [4.69, 9.17) is 9.26 Å². The van der Waals surface area contributed by atoms with Gasteiger partial charge in [-0.25, -0.2) is 0 Å². The molecule has 0 amide bonds. The molecule has 1 fully saturated rings. The Bertz CT molecular complexity index is 367. The van der Waals surface area contributed by atoms with Crippen LogP contribution in [0.15, 0.2) is 4.52 Å². The minimum absolute atomic E-state index is 0.0454. The van der Waals surface area contributed by atoms with Crippen molar-refractivity contribution in [2.75, 3.05) is 13.7 Å². The highest BCUT2D eigenvalue weighted by Crippen LogP contribution is 2.26. The van der Waals surface area contributed by atoms with Gasteiger partial charge in [0.25, 0.3) is 0 Å². The second-order valence-corrected chi connectivity index (χ2v) is 4.74. The zero-order valence-electron chi connectivity index (χ0n) is 10.4. The average Bonchev–Trinajstić information content (AvgIpc) is 2.87. The van der Waals surface area contributed by atoms with Crippen LogP contribution in [0, 0.1) is 5.92 Å². The maximum Gasteiger partial charge on any atom is 0.243 e. The van der Waals surface area contributed by atoms with Crippen LogP contribution >= 0.6 is 0 Å². The van der Waals surface area contributed by atoms with Crippen LogP contribution in [0.25, 0.3) is 0 Å². The summed E-state index contributed by atoms with van der Waals surface area (Å²) in [6.45, 7) is 4.66. The zero-order chi connectivity index (χ0) is 12.4. The van der Waals surface area contributed by atoms with Crippen LogP contribution in [0.4, 0.5) is 0 Å². The van der Waals surface area contributed by atoms with Crippen molar-refractivity contribution in [2.24, 2.45) is 5.92 Å². The fraction of sp³-hybridized carbons (Fsp3) is 0.818. The molecule has 2 heterocycles. The van der Waals surface area contributed by atoms with Crippen LogP contribution in [-0.4, -0.2) is 35.0 Å². The number of aliphatic hydroxyl groups is 1. The fourth-order valence-corrected chi connectivity index (χ4v) is 2.09. The smallest absolute Gasteiger partial charge is 0.243 e. The van der Waals surface area contributed by atoms with E-state index >= 15 is 0 Å². The van der Waals surface area contributed by atoms with Crippen molar-refractivity contribution in [3.05, 3.63) is 11.7 Å². The third-order valence-corrected chi connectivity index (χ3v) is 2.98. The summed E-state index contributed by atoms with van der Waals surface area (Å²) in [6.07, 6.45) is 0.124. The minimum Gasteiger partial charge on any atom is -0.392 e. The third-order valence-electron chi connectivity index (χ3n) is 2.98. The number of hydrogen-bond acceptors (Lipinski definition) is 6. The molecular formula is C11H19N3O3. The number of β-amino-alcohol motifs (C(OH)–C–C–N with tert-alkyl or cyclic N) is 1. The van der Waals surface area contributed by atoms with Gasteiger partial charge in [-0.3, -0.25) is 0 Å². The minimum atomic E-state index is -0.335. The molecule has 1 saturated heterocycles. The van der Waals surface area contributed by atoms with Gasteiger partial charge in [0.2, 0.25) is 11.7 Å². The van der Waals surface area contributed by atoms with Gasteiger partial charge < -0.3 is 19.7 Å². The van der Waals surface area contributed by atoms with Crippen molar-refractivity contribution in [3.8, 4) is 0 Å². The first-order valence-electron chi connectivity index (χ1n) is 5.89. The number of aromatic nitrogens is 2. The van der Waals surface area contributed by atoms with Gasteiger partial charge in [-0.2, -0.15) is 4.98 Å². The van der Waals surface area contributed by atoms with Crippen molar-refractivity contribution in [1.82, 2.24) is 15.5 Å². The molecule has 0 bridgehead atoms. The molecule has 1 unspecified atom stereocenters. The van der Waals surface area contributed by atoms with Gasteiger partial charge in [-0.15, -0.1) is 0 Å². The highest BCUT2D eigenvalue weighted by Gasteiger charge is 2.30. The SMILES string of the molecule is COC(c1noc([C@H]2C[C@@H](O)CN2)n1)C(C)C. The van der Waals surface area contributed by atoms with Crippen LogP contribution in [0.3, 0.4) is 0 Å². The van der Waals surface area contributed by atoms with E-state index in [1.165, 1.54) is 0 Å². The predicted molar refractivity (Wildman–Crippen MR) is 60.3 cm³/mol. The van der Waals surface area contributed by atoms with Crippen LogP contribution in [0.2, 0.25) is 0 Å². The van der Waals surface area contributed by atoms with E-state index in [9.17, 15) is 5.11 Å². The van der Waals surface area contributed by atoms with E-state index in [1.54, 1.807) is 7.11 Å². The largest absolute Gasteiger partial charge is 0.392 e. The monoisotopic (exact) mass is 241 g/mol. The molecule has 2 N–H and O–H groups in total. The van der Waals surface area contributed by atoms with Gasteiger partial charge in [-0.05, 0) is 12.3 Å². The number of methoxy groups -OCH3 is 1. The summed E-state index contributed by atoms with van der Waals surface area (Å²) in [7, 11) is 1.64. The fourth-order valence-electron chi connectivity index (χ4n) is 2.09. The number of hydrogen-bond donors (Lipinski definition) is 2. The number of nitrogens with zero attached hydrogens (tertiary/aromatic N) is 2. The Kier molecular flexibility index (Phi) is 3.76. The average molecular weight is 241 g/mol. The van der Waals surface area contributed by atoms with Gasteiger partial charge in [0.15, 0.2) is 0 Å². The Morgan fingerprint density at radius 3 is 2.82 bits per heavy atom. The van der Waals surface area contributed by atoms with E-state index < -0.39 is 0 Å². The van der Waals surface area contributed by atoms with Gasteiger partial charge in [-0.1, -0.05) is 19.0 Å². The van der Waals surface area contributed by atoms with Gasteiger partial charge in [0.1, 0.15) is 6.10 Å². The Hall–Kier alpha value is -0.980. The summed E-state index contributed by atoms with van der Waals surface area (Å²) in [4.78, 5) is 4.34. The standard InChI is InChI=1S/C11H19N3O3/c1-6(2)9(16-3)10-13-11(17-14-10)8-4-7(15)5-12-8/h6-9,12,15H,4-5H2,1-3H3/t7-,8-,9?/m1/s1. The third kappa shape index (κ3) is 2.65. The summed E-state index contributed by atoms with van der Waals surface area (Å²) in [6, 6.07) is -0.0454. The topological polar surface area (TPSA) is 80.4 Å². The molecule has 3 atom stereocenters. The molecule has 1 aliphatic rings. The van der Waals surface area contributed by atoms with Crippen molar-refractivity contribution in [2.45, 2.75) is 38.5 Å². The predicted octanol–water partition coefficient (Wildman–Crippen LogP) is 0.808. The molecule has 6 heteroatoms.